The maximum absolute atomic E-state index is 13.1. The minimum absolute atomic E-state index is 0.00289. The molecule has 1 unspecified atom stereocenters. The highest BCUT2D eigenvalue weighted by atomic mass is 32.2. The number of aryl methyl sites for hydroxylation is 1. The van der Waals surface area contributed by atoms with E-state index in [0.29, 0.717) is 30.4 Å². The second-order valence-corrected chi connectivity index (χ2v) is 9.25. The summed E-state index contributed by atoms with van der Waals surface area (Å²) in [4.78, 5) is 14.4. The summed E-state index contributed by atoms with van der Waals surface area (Å²) in [5.74, 6) is -0.00289. The van der Waals surface area contributed by atoms with Gasteiger partial charge in [-0.2, -0.15) is 4.31 Å². The summed E-state index contributed by atoms with van der Waals surface area (Å²) in [7, 11) is -3.49. The van der Waals surface area contributed by atoms with Crippen molar-refractivity contribution >= 4 is 21.6 Å². The van der Waals surface area contributed by atoms with Crippen LogP contribution >= 0.6 is 0 Å². The summed E-state index contributed by atoms with van der Waals surface area (Å²) in [6.07, 6.45) is 3.09. The Labute approximate surface area is 154 Å². The Morgan fingerprint density at radius 1 is 1.08 bits per heavy atom. The number of nitrogens with one attached hydrogen (secondary N) is 2. The SMILES string of the molecule is O=C1CCCc2cc(S(=O)(=O)N3CCN(C4CCNC4)CC3)ccc2N1. The van der Waals surface area contributed by atoms with Gasteiger partial charge in [0, 0.05) is 50.9 Å². The van der Waals surface area contributed by atoms with E-state index < -0.39 is 10.0 Å². The zero-order chi connectivity index (χ0) is 18.1. The van der Waals surface area contributed by atoms with E-state index >= 15 is 0 Å². The molecular weight excluding hydrogens is 352 g/mol. The van der Waals surface area contributed by atoms with Crippen molar-refractivity contribution in [1.29, 1.82) is 0 Å². The van der Waals surface area contributed by atoms with E-state index in [1.165, 1.54) is 0 Å². The largest absolute Gasteiger partial charge is 0.326 e. The van der Waals surface area contributed by atoms with Crippen LogP contribution in [-0.4, -0.2) is 68.8 Å². The molecule has 1 amide bonds. The Morgan fingerprint density at radius 2 is 1.88 bits per heavy atom. The van der Waals surface area contributed by atoms with Gasteiger partial charge in [-0.25, -0.2) is 8.42 Å². The Balaban J connectivity index is 1.48. The van der Waals surface area contributed by atoms with Crippen LogP contribution in [0.1, 0.15) is 24.8 Å². The fourth-order valence-electron chi connectivity index (χ4n) is 4.12. The number of nitrogens with zero attached hydrogens (tertiary/aromatic N) is 2. The Hall–Kier alpha value is -1.48. The first-order valence-electron chi connectivity index (χ1n) is 9.42. The number of hydrogen-bond donors (Lipinski definition) is 2. The van der Waals surface area contributed by atoms with Crippen LogP contribution in [0.4, 0.5) is 5.69 Å². The van der Waals surface area contributed by atoms with Crippen LogP contribution in [0.25, 0.3) is 0 Å². The van der Waals surface area contributed by atoms with E-state index in [1.54, 1.807) is 22.5 Å². The first kappa shape index (κ1) is 17.9. The Morgan fingerprint density at radius 3 is 2.62 bits per heavy atom. The first-order chi connectivity index (χ1) is 12.5. The molecule has 2 saturated heterocycles. The van der Waals surface area contributed by atoms with Gasteiger partial charge >= 0.3 is 0 Å². The van der Waals surface area contributed by atoms with Crippen LogP contribution in [0.2, 0.25) is 0 Å². The van der Waals surface area contributed by atoms with Gasteiger partial charge in [-0.3, -0.25) is 9.69 Å². The van der Waals surface area contributed by atoms with Gasteiger partial charge in [0.2, 0.25) is 15.9 Å². The summed E-state index contributed by atoms with van der Waals surface area (Å²) >= 11 is 0. The van der Waals surface area contributed by atoms with Gasteiger partial charge in [0.15, 0.2) is 0 Å². The number of carbonyl (C=O) groups is 1. The van der Waals surface area contributed by atoms with Gasteiger partial charge in [-0.1, -0.05) is 0 Å². The fourth-order valence-corrected chi connectivity index (χ4v) is 5.59. The summed E-state index contributed by atoms with van der Waals surface area (Å²) in [6.45, 7) is 4.69. The average Bonchev–Trinajstić information content (AvgIpc) is 3.11. The van der Waals surface area contributed by atoms with E-state index in [9.17, 15) is 13.2 Å². The van der Waals surface area contributed by atoms with Crippen LogP contribution in [0, 0.1) is 0 Å². The van der Waals surface area contributed by atoms with Crippen molar-refractivity contribution in [2.45, 2.75) is 36.6 Å². The normalized spacial score (nSPS) is 25.5. The number of fused-ring (bicyclic) bond motifs is 1. The van der Waals surface area contributed by atoms with Crippen LogP contribution in [-0.2, 0) is 21.2 Å². The molecule has 26 heavy (non-hydrogen) atoms. The van der Waals surface area contributed by atoms with Crippen molar-refractivity contribution in [1.82, 2.24) is 14.5 Å². The molecule has 1 aromatic rings. The monoisotopic (exact) mass is 378 g/mol. The molecule has 3 aliphatic rings. The Bertz CT molecular complexity index is 782. The predicted molar refractivity (Wildman–Crippen MR) is 99.6 cm³/mol. The molecule has 3 aliphatic heterocycles. The molecule has 0 aliphatic carbocycles. The number of benzene rings is 1. The lowest BCUT2D eigenvalue weighted by Gasteiger charge is -2.37. The number of sulfonamides is 1. The number of hydrogen-bond acceptors (Lipinski definition) is 5. The second kappa shape index (κ2) is 7.26. The molecule has 1 atom stereocenters. The van der Waals surface area contributed by atoms with Gasteiger partial charge in [0.25, 0.3) is 0 Å². The molecule has 7 nitrogen and oxygen atoms in total. The van der Waals surface area contributed by atoms with E-state index in [-0.39, 0.29) is 5.91 Å². The molecule has 4 rings (SSSR count). The highest BCUT2D eigenvalue weighted by Crippen LogP contribution is 2.27. The third kappa shape index (κ3) is 3.51. The molecule has 3 heterocycles. The van der Waals surface area contributed by atoms with Gasteiger partial charge in [0.1, 0.15) is 0 Å². The lowest BCUT2D eigenvalue weighted by molar-refractivity contribution is -0.116. The van der Waals surface area contributed by atoms with Crippen LogP contribution in [0.5, 0.6) is 0 Å². The van der Waals surface area contributed by atoms with Crippen molar-refractivity contribution in [3.05, 3.63) is 23.8 Å². The number of carbonyl (C=O) groups excluding carboxylic acids is 1. The fraction of sp³-hybridized carbons (Fsp3) is 0.611. The minimum atomic E-state index is -3.49. The highest BCUT2D eigenvalue weighted by Gasteiger charge is 2.32. The molecule has 2 fully saturated rings. The van der Waals surface area contributed by atoms with Crippen LogP contribution in [0.3, 0.4) is 0 Å². The summed E-state index contributed by atoms with van der Waals surface area (Å²) < 4.78 is 27.7. The summed E-state index contributed by atoms with van der Waals surface area (Å²) in [5.41, 5.74) is 1.65. The maximum atomic E-state index is 13.1. The van der Waals surface area contributed by atoms with Gasteiger partial charge in [-0.15, -0.1) is 0 Å². The van der Waals surface area contributed by atoms with Crippen molar-refractivity contribution < 1.29 is 13.2 Å². The molecular formula is C18H26N4O3S. The van der Waals surface area contributed by atoms with Gasteiger partial charge < -0.3 is 10.6 Å². The zero-order valence-corrected chi connectivity index (χ0v) is 15.7. The molecule has 142 valence electrons. The standard InChI is InChI=1S/C18H26N4O3S/c23-18-3-1-2-14-12-16(4-5-17(14)20-18)26(24,25)22-10-8-21(9-11-22)15-6-7-19-13-15/h4-5,12,15,19H,1-3,6-11,13H2,(H,20,23). The van der Waals surface area contributed by atoms with E-state index in [1.807, 2.05) is 0 Å². The average molecular weight is 378 g/mol. The van der Waals surface area contributed by atoms with Gasteiger partial charge in [0.05, 0.1) is 4.90 Å². The second-order valence-electron chi connectivity index (χ2n) is 7.31. The third-order valence-corrected chi connectivity index (χ3v) is 7.56. The third-order valence-electron chi connectivity index (χ3n) is 5.66. The molecule has 8 heteroatoms. The van der Waals surface area contributed by atoms with Gasteiger partial charge in [-0.05, 0) is 49.6 Å². The quantitative estimate of drug-likeness (QED) is 0.806. The smallest absolute Gasteiger partial charge is 0.243 e. The molecule has 0 spiro atoms. The van der Waals surface area contributed by atoms with Crippen molar-refractivity contribution in [2.75, 3.05) is 44.6 Å². The molecule has 0 bridgehead atoms. The van der Waals surface area contributed by atoms with Crippen LogP contribution in [0.15, 0.2) is 23.1 Å². The highest BCUT2D eigenvalue weighted by molar-refractivity contribution is 7.89. The number of amides is 1. The lowest BCUT2D eigenvalue weighted by atomic mass is 10.1. The van der Waals surface area contributed by atoms with Crippen LogP contribution < -0.4 is 10.6 Å². The van der Waals surface area contributed by atoms with Crippen molar-refractivity contribution in [3.8, 4) is 0 Å². The number of rotatable bonds is 3. The molecule has 0 aromatic heterocycles. The zero-order valence-electron chi connectivity index (χ0n) is 14.9. The topological polar surface area (TPSA) is 81.8 Å². The first-order valence-corrected chi connectivity index (χ1v) is 10.9. The van der Waals surface area contributed by atoms with E-state index in [0.717, 1.165) is 56.7 Å². The predicted octanol–water partition coefficient (Wildman–Crippen LogP) is 0.630. The molecule has 0 radical (unpaired) electrons. The number of piperazine rings is 1. The van der Waals surface area contributed by atoms with E-state index in [4.69, 9.17) is 0 Å². The molecule has 2 N–H and O–H groups in total. The van der Waals surface area contributed by atoms with E-state index in [2.05, 4.69) is 15.5 Å². The maximum Gasteiger partial charge on any atom is 0.243 e. The summed E-state index contributed by atoms with van der Waals surface area (Å²) in [5, 5.41) is 6.23. The number of anilines is 1. The molecule has 1 aromatic carbocycles. The minimum Gasteiger partial charge on any atom is -0.326 e. The lowest BCUT2D eigenvalue weighted by Crippen LogP contribution is -2.52. The Kier molecular flexibility index (Phi) is 5.00. The van der Waals surface area contributed by atoms with Crippen molar-refractivity contribution in [2.24, 2.45) is 0 Å². The molecule has 0 saturated carbocycles. The van der Waals surface area contributed by atoms with Crippen molar-refractivity contribution in [3.63, 3.8) is 0 Å². The summed E-state index contributed by atoms with van der Waals surface area (Å²) in [6, 6.07) is 5.62.